The van der Waals surface area contributed by atoms with Gasteiger partial charge in [0.25, 0.3) is 0 Å². The molecule has 6 nitrogen and oxygen atoms in total. The average Bonchev–Trinajstić information content (AvgIpc) is 2.48. The predicted molar refractivity (Wildman–Crippen MR) is 77.1 cm³/mol. The topological polar surface area (TPSA) is 69.2 Å². The summed E-state index contributed by atoms with van der Waals surface area (Å²) in [5, 5.41) is 2.90. The number of rotatable bonds is 6. The summed E-state index contributed by atoms with van der Waals surface area (Å²) in [6.07, 6.45) is 0. The molecule has 1 heterocycles. The molecule has 1 aromatic heterocycles. The van der Waals surface area contributed by atoms with Gasteiger partial charge in [-0.2, -0.15) is 15.0 Å². The van der Waals surface area contributed by atoms with E-state index in [1.165, 1.54) is 0 Å². The van der Waals surface area contributed by atoms with Crippen molar-refractivity contribution in [1.82, 2.24) is 15.0 Å². The van der Waals surface area contributed by atoms with Crippen molar-refractivity contribution in [2.24, 2.45) is 0 Å². The average molecular weight is 274 g/mol. The van der Waals surface area contributed by atoms with Crippen molar-refractivity contribution in [2.45, 2.75) is 13.8 Å². The summed E-state index contributed by atoms with van der Waals surface area (Å²) in [7, 11) is 1.76. The fraction of sp³-hybridized carbons (Fsp3) is 0.357. The lowest BCUT2D eigenvalue weighted by molar-refractivity contribution is 0.312. The van der Waals surface area contributed by atoms with E-state index in [-0.39, 0.29) is 0 Å². The Morgan fingerprint density at radius 1 is 1.05 bits per heavy atom. The molecule has 2 rings (SSSR count). The van der Waals surface area contributed by atoms with Crippen LogP contribution in [-0.4, -0.2) is 35.2 Å². The Labute approximate surface area is 118 Å². The van der Waals surface area contributed by atoms with Crippen molar-refractivity contribution in [2.75, 3.05) is 25.6 Å². The maximum Gasteiger partial charge on any atom is 0.321 e. The lowest BCUT2D eigenvalue weighted by atomic mass is 10.2. The van der Waals surface area contributed by atoms with Crippen LogP contribution in [0.25, 0.3) is 11.4 Å². The molecule has 1 N–H and O–H groups in total. The number of aromatic nitrogens is 3. The second-order valence-electron chi connectivity index (χ2n) is 3.91. The molecule has 0 saturated carbocycles. The quantitative estimate of drug-likeness (QED) is 0.872. The van der Waals surface area contributed by atoms with Crippen molar-refractivity contribution < 1.29 is 9.47 Å². The van der Waals surface area contributed by atoms with E-state index in [1.54, 1.807) is 7.05 Å². The molecule has 0 aliphatic heterocycles. The minimum atomic E-state index is 0.309. The summed E-state index contributed by atoms with van der Waals surface area (Å²) in [6.45, 7) is 4.96. The van der Waals surface area contributed by atoms with E-state index in [0.29, 0.717) is 31.0 Å². The fourth-order valence-electron chi connectivity index (χ4n) is 1.68. The highest BCUT2D eigenvalue weighted by atomic mass is 16.5. The molecule has 1 aromatic carbocycles. The minimum absolute atomic E-state index is 0.309. The van der Waals surface area contributed by atoms with E-state index in [2.05, 4.69) is 20.3 Å². The zero-order valence-corrected chi connectivity index (χ0v) is 11.9. The number of anilines is 1. The van der Waals surface area contributed by atoms with Gasteiger partial charge in [0.15, 0.2) is 5.82 Å². The number of hydrogen-bond donors (Lipinski definition) is 1. The summed E-state index contributed by atoms with van der Waals surface area (Å²) in [6, 6.07) is 7.94. The molecule has 0 aliphatic rings. The zero-order valence-electron chi connectivity index (χ0n) is 11.9. The molecule has 0 bridgehead atoms. The smallest absolute Gasteiger partial charge is 0.321 e. The van der Waals surface area contributed by atoms with Crippen LogP contribution in [0, 0.1) is 0 Å². The van der Waals surface area contributed by atoms with Gasteiger partial charge in [0, 0.05) is 12.6 Å². The third-order valence-electron chi connectivity index (χ3n) is 2.52. The Balaban J connectivity index is 2.39. The van der Waals surface area contributed by atoms with Gasteiger partial charge in [-0.25, -0.2) is 0 Å². The first-order valence-corrected chi connectivity index (χ1v) is 6.56. The van der Waals surface area contributed by atoms with Crippen LogP contribution in [0.4, 0.5) is 5.95 Å². The van der Waals surface area contributed by atoms with Crippen LogP contribution >= 0.6 is 0 Å². The molecule has 0 fully saturated rings. The van der Waals surface area contributed by atoms with E-state index in [4.69, 9.17) is 9.47 Å². The van der Waals surface area contributed by atoms with Crippen molar-refractivity contribution in [3.8, 4) is 23.1 Å². The number of hydrogen-bond acceptors (Lipinski definition) is 6. The molecule has 6 heteroatoms. The van der Waals surface area contributed by atoms with Gasteiger partial charge in [0.1, 0.15) is 5.75 Å². The zero-order chi connectivity index (χ0) is 14.4. The van der Waals surface area contributed by atoms with Crippen molar-refractivity contribution in [1.29, 1.82) is 0 Å². The summed E-state index contributed by atoms with van der Waals surface area (Å²) in [4.78, 5) is 12.8. The number of nitrogens with zero attached hydrogens (tertiary/aromatic N) is 3. The third-order valence-corrected chi connectivity index (χ3v) is 2.52. The first-order chi connectivity index (χ1) is 9.76. The maximum absolute atomic E-state index is 5.48. The number of ether oxygens (including phenoxy) is 2. The van der Waals surface area contributed by atoms with Crippen LogP contribution < -0.4 is 14.8 Å². The Morgan fingerprint density at radius 3 is 2.55 bits per heavy atom. The molecule has 0 atom stereocenters. The summed E-state index contributed by atoms with van der Waals surface area (Å²) in [5.41, 5.74) is 0.857. The molecular weight excluding hydrogens is 256 g/mol. The highest BCUT2D eigenvalue weighted by Gasteiger charge is 2.09. The summed E-state index contributed by atoms with van der Waals surface area (Å²) in [5.74, 6) is 1.81. The van der Waals surface area contributed by atoms with Gasteiger partial charge in [-0.1, -0.05) is 12.1 Å². The van der Waals surface area contributed by atoms with Gasteiger partial charge in [0.2, 0.25) is 5.95 Å². The van der Waals surface area contributed by atoms with Gasteiger partial charge in [-0.05, 0) is 26.0 Å². The van der Waals surface area contributed by atoms with Crippen LogP contribution in [0.5, 0.6) is 11.8 Å². The standard InChI is InChI=1S/C14H18N4O2/c1-4-19-11-8-6-7-10(9-11)12-16-13(15-3)18-14(17-12)20-5-2/h6-9H,4-5H2,1-3H3,(H,15,16,17,18). The van der Waals surface area contributed by atoms with E-state index < -0.39 is 0 Å². The Bertz CT molecular complexity index is 575. The lowest BCUT2D eigenvalue weighted by Crippen LogP contribution is -2.05. The Morgan fingerprint density at radius 2 is 1.85 bits per heavy atom. The molecular formula is C14H18N4O2. The van der Waals surface area contributed by atoms with Crippen molar-refractivity contribution in [3.63, 3.8) is 0 Å². The van der Waals surface area contributed by atoms with E-state index >= 15 is 0 Å². The molecule has 0 amide bonds. The van der Waals surface area contributed by atoms with Crippen LogP contribution in [0.2, 0.25) is 0 Å². The van der Waals surface area contributed by atoms with Crippen molar-refractivity contribution in [3.05, 3.63) is 24.3 Å². The third kappa shape index (κ3) is 3.34. The molecule has 2 aromatic rings. The van der Waals surface area contributed by atoms with Crippen LogP contribution in [-0.2, 0) is 0 Å². The second-order valence-corrected chi connectivity index (χ2v) is 3.91. The molecule has 0 radical (unpaired) electrons. The fourth-order valence-corrected chi connectivity index (χ4v) is 1.68. The molecule has 106 valence electrons. The Hall–Kier alpha value is -2.37. The molecule has 0 spiro atoms. The minimum Gasteiger partial charge on any atom is -0.494 e. The van der Waals surface area contributed by atoms with Crippen LogP contribution in [0.15, 0.2) is 24.3 Å². The highest BCUT2D eigenvalue weighted by Crippen LogP contribution is 2.23. The Kier molecular flexibility index (Phi) is 4.70. The highest BCUT2D eigenvalue weighted by molar-refractivity contribution is 5.58. The maximum atomic E-state index is 5.48. The number of benzene rings is 1. The first-order valence-electron chi connectivity index (χ1n) is 6.56. The summed E-state index contributed by atoms with van der Waals surface area (Å²) < 4.78 is 10.8. The SMILES string of the molecule is CCOc1cccc(-c2nc(NC)nc(OCC)n2)c1. The van der Waals surface area contributed by atoms with E-state index in [9.17, 15) is 0 Å². The molecule has 0 aliphatic carbocycles. The first kappa shape index (κ1) is 14.0. The van der Waals surface area contributed by atoms with Gasteiger partial charge >= 0.3 is 6.01 Å². The second kappa shape index (κ2) is 6.70. The van der Waals surface area contributed by atoms with Gasteiger partial charge < -0.3 is 14.8 Å². The molecule has 0 unspecified atom stereocenters. The van der Waals surface area contributed by atoms with Gasteiger partial charge in [-0.15, -0.1) is 0 Å². The normalized spacial score (nSPS) is 10.2. The predicted octanol–water partition coefficient (Wildman–Crippen LogP) is 2.38. The van der Waals surface area contributed by atoms with Gasteiger partial charge in [-0.3, -0.25) is 0 Å². The molecule has 0 saturated heterocycles. The lowest BCUT2D eigenvalue weighted by Gasteiger charge is -2.08. The summed E-state index contributed by atoms with van der Waals surface area (Å²) >= 11 is 0. The van der Waals surface area contributed by atoms with E-state index in [0.717, 1.165) is 11.3 Å². The van der Waals surface area contributed by atoms with Gasteiger partial charge in [0.05, 0.1) is 13.2 Å². The van der Waals surface area contributed by atoms with Crippen molar-refractivity contribution >= 4 is 5.95 Å². The molecule has 20 heavy (non-hydrogen) atoms. The van der Waals surface area contributed by atoms with Crippen LogP contribution in [0.1, 0.15) is 13.8 Å². The van der Waals surface area contributed by atoms with Crippen LogP contribution in [0.3, 0.4) is 0 Å². The number of nitrogens with one attached hydrogen (secondary N) is 1. The monoisotopic (exact) mass is 274 g/mol. The largest absolute Gasteiger partial charge is 0.494 e. The van der Waals surface area contributed by atoms with E-state index in [1.807, 2.05) is 38.1 Å².